The number of hydrogen-bond acceptors (Lipinski definition) is 2. The first-order chi connectivity index (χ1) is 9.27. The second-order valence-corrected chi connectivity index (χ2v) is 5.16. The Labute approximate surface area is 122 Å². The molecule has 0 aliphatic heterocycles. The highest BCUT2D eigenvalue weighted by Crippen LogP contribution is 2.33. The average molecular weight is 304 g/mol. The third kappa shape index (κ3) is 4.37. The molecular formula is C14H19F3N2S. The zero-order chi connectivity index (χ0) is 15.3. The minimum Gasteiger partial charge on any atom is -0.389 e. The van der Waals surface area contributed by atoms with Crippen LogP contribution in [0.4, 0.5) is 18.9 Å². The summed E-state index contributed by atoms with van der Waals surface area (Å²) in [5.41, 5.74) is 5.21. The zero-order valence-corrected chi connectivity index (χ0v) is 12.4. The average Bonchev–Trinajstić information content (AvgIpc) is 2.37. The van der Waals surface area contributed by atoms with Crippen molar-refractivity contribution in [3.05, 3.63) is 29.3 Å². The number of alkyl halides is 3. The molecular weight excluding hydrogens is 285 g/mol. The Morgan fingerprint density at radius 1 is 1.30 bits per heavy atom. The highest BCUT2D eigenvalue weighted by Gasteiger charge is 2.34. The van der Waals surface area contributed by atoms with Gasteiger partial charge in [-0.3, -0.25) is 0 Å². The Hall–Kier alpha value is -1.30. The number of rotatable bonds is 6. The fourth-order valence-electron chi connectivity index (χ4n) is 1.95. The van der Waals surface area contributed by atoms with E-state index in [4.69, 9.17) is 18.0 Å². The molecule has 112 valence electrons. The maximum atomic E-state index is 12.9. The second kappa shape index (κ2) is 6.92. The molecule has 20 heavy (non-hydrogen) atoms. The number of hydrogen-bond donors (Lipinski definition) is 1. The molecule has 0 aliphatic rings. The van der Waals surface area contributed by atoms with Crippen molar-refractivity contribution < 1.29 is 13.2 Å². The Balaban J connectivity index is 3.02. The molecule has 0 saturated heterocycles. The number of nitrogens with two attached hydrogens (primary N) is 1. The summed E-state index contributed by atoms with van der Waals surface area (Å²) in [5, 5.41) is 0. The minimum atomic E-state index is -4.45. The van der Waals surface area contributed by atoms with E-state index in [2.05, 4.69) is 6.92 Å². The molecule has 0 fully saturated rings. The summed E-state index contributed by atoms with van der Waals surface area (Å²) in [6, 6.07) is 3.91. The van der Waals surface area contributed by atoms with Crippen molar-refractivity contribution >= 4 is 22.9 Å². The standard InChI is InChI=1S/C14H19F3N2S/c1-3-4-5-8-19(2)10-6-7-12(14(15,16)17)11(9-10)13(18)20/h6-7,9H,3-5,8H2,1-2H3,(H2,18,20). The molecule has 0 aromatic heterocycles. The molecule has 0 radical (unpaired) electrons. The summed E-state index contributed by atoms with van der Waals surface area (Å²) in [6.07, 6.45) is -1.26. The molecule has 2 N–H and O–H groups in total. The van der Waals surface area contributed by atoms with Gasteiger partial charge in [0.1, 0.15) is 4.99 Å². The Bertz CT molecular complexity index is 472. The summed E-state index contributed by atoms with van der Waals surface area (Å²) in [5.74, 6) is 0. The quantitative estimate of drug-likeness (QED) is 0.637. The van der Waals surface area contributed by atoms with Gasteiger partial charge in [-0.15, -0.1) is 0 Å². The lowest BCUT2D eigenvalue weighted by Gasteiger charge is -2.21. The van der Waals surface area contributed by atoms with Crippen molar-refractivity contribution in [1.82, 2.24) is 0 Å². The third-order valence-electron chi connectivity index (χ3n) is 3.11. The number of halogens is 3. The molecule has 1 aromatic rings. The first-order valence-electron chi connectivity index (χ1n) is 6.49. The van der Waals surface area contributed by atoms with Crippen molar-refractivity contribution in [2.24, 2.45) is 5.73 Å². The largest absolute Gasteiger partial charge is 0.417 e. The molecule has 0 unspecified atom stereocenters. The topological polar surface area (TPSA) is 29.3 Å². The Kier molecular flexibility index (Phi) is 5.80. The number of thiocarbonyl (C=S) groups is 1. The van der Waals surface area contributed by atoms with E-state index in [9.17, 15) is 13.2 Å². The molecule has 6 heteroatoms. The molecule has 0 atom stereocenters. The van der Waals surface area contributed by atoms with E-state index in [-0.39, 0.29) is 10.6 Å². The fraction of sp³-hybridized carbons (Fsp3) is 0.500. The third-order valence-corrected chi connectivity index (χ3v) is 3.33. The zero-order valence-electron chi connectivity index (χ0n) is 11.6. The van der Waals surface area contributed by atoms with Gasteiger partial charge in [-0.1, -0.05) is 32.0 Å². The number of unbranched alkanes of at least 4 members (excludes halogenated alkanes) is 2. The van der Waals surface area contributed by atoms with E-state index in [1.807, 2.05) is 11.9 Å². The molecule has 0 heterocycles. The summed E-state index contributed by atoms with van der Waals surface area (Å²) in [4.78, 5) is 1.68. The van der Waals surface area contributed by atoms with Crippen LogP contribution in [-0.2, 0) is 6.18 Å². The Morgan fingerprint density at radius 2 is 1.95 bits per heavy atom. The van der Waals surface area contributed by atoms with Gasteiger partial charge in [-0.05, 0) is 24.6 Å². The van der Waals surface area contributed by atoms with E-state index in [1.165, 1.54) is 12.1 Å². The molecule has 0 bridgehead atoms. The first-order valence-corrected chi connectivity index (χ1v) is 6.90. The van der Waals surface area contributed by atoms with E-state index in [0.29, 0.717) is 5.69 Å². The minimum absolute atomic E-state index is 0.118. The van der Waals surface area contributed by atoms with Crippen LogP contribution < -0.4 is 10.6 Å². The van der Waals surface area contributed by atoms with Crippen LogP contribution in [0.2, 0.25) is 0 Å². The van der Waals surface area contributed by atoms with E-state index < -0.39 is 11.7 Å². The lowest BCUT2D eigenvalue weighted by Crippen LogP contribution is -2.22. The van der Waals surface area contributed by atoms with Gasteiger partial charge in [0.15, 0.2) is 0 Å². The monoisotopic (exact) mass is 304 g/mol. The maximum Gasteiger partial charge on any atom is 0.417 e. The Morgan fingerprint density at radius 3 is 2.45 bits per heavy atom. The lowest BCUT2D eigenvalue weighted by atomic mass is 10.1. The molecule has 2 nitrogen and oxygen atoms in total. The smallest absolute Gasteiger partial charge is 0.389 e. The number of anilines is 1. The number of benzene rings is 1. The van der Waals surface area contributed by atoms with Crippen molar-refractivity contribution in [3.8, 4) is 0 Å². The normalized spacial score (nSPS) is 11.4. The van der Waals surface area contributed by atoms with Crippen LogP contribution in [0.5, 0.6) is 0 Å². The predicted octanol–water partition coefficient (Wildman–Crippen LogP) is 3.97. The molecule has 0 saturated carbocycles. The van der Waals surface area contributed by atoms with Gasteiger partial charge in [-0.2, -0.15) is 13.2 Å². The molecule has 1 rings (SSSR count). The van der Waals surface area contributed by atoms with Crippen molar-refractivity contribution in [1.29, 1.82) is 0 Å². The van der Waals surface area contributed by atoms with Gasteiger partial charge in [0, 0.05) is 24.8 Å². The van der Waals surface area contributed by atoms with Crippen molar-refractivity contribution in [2.45, 2.75) is 32.4 Å². The van der Waals surface area contributed by atoms with Crippen LogP contribution in [0.15, 0.2) is 18.2 Å². The molecule has 0 aliphatic carbocycles. The highest BCUT2D eigenvalue weighted by atomic mass is 32.1. The van der Waals surface area contributed by atoms with Crippen LogP contribution in [0.1, 0.15) is 37.3 Å². The predicted molar refractivity (Wildman–Crippen MR) is 80.1 cm³/mol. The second-order valence-electron chi connectivity index (χ2n) is 4.72. The lowest BCUT2D eigenvalue weighted by molar-refractivity contribution is -0.137. The van der Waals surface area contributed by atoms with E-state index >= 15 is 0 Å². The fourth-order valence-corrected chi connectivity index (χ4v) is 2.12. The molecule has 0 amide bonds. The summed E-state index contributed by atoms with van der Waals surface area (Å²) >= 11 is 4.73. The van der Waals surface area contributed by atoms with Gasteiger partial charge in [0.25, 0.3) is 0 Å². The first kappa shape index (κ1) is 16.8. The van der Waals surface area contributed by atoms with Crippen LogP contribution in [-0.4, -0.2) is 18.6 Å². The van der Waals surface area contributed by atoms with Crippen molar-refractivity contribution in [3.63, 3.8) is 0 Å². The highest BCUT2D eigenvalue weighted by molar-refractivity contribution is 7.80. The van der Waals surface area contributed by atoms with Gasteiger partial charge < -0.3 is 10.6 Å². The van der Waals surface area contributed by atoms with Gasteiger partial charge >= 0.3 is 6.18 Å². The maximum absolute atomic E-state index is 12.9. The SMILES string of the molecule is CCCCCN(C)c1ccc(C(F)(F)F)c(C(N)=S)c1. The van der Waals surface area contributed by atoms with E-state index in [1.54, 1.807) is 0 Å². The van der Waals surface area contributed by atoms with Gasteiger partial charge in [-0.25, -0.2) is 0 Å². The van der Waals surface area contributed by atoms with Crippen LogP contribution in [0.25, 0.3) is 0 Å². The van der Waals surface area contributed by atoms with Gasteiger partial charge in [0.05, 0.1) is 5.56 Å². The van der Waals surface area contributed by atoms with Crippen LogP contribution in [0, 0.1) is 0 Å². The summed E-state index contributed by atoms with van der Waals surface area (Å²) < 4.78 is 38.6. The van der Waals surface area contributed by atoms with E-state index in [0.717, 1.165) is 31.9 Å². The number of nitrogens with zero attached hydrogens (tertiary/aromatic N) is 1. The van der Waals surface area contributed by atoms with Crippen molar-refractivity contribution in [2.75, 3.05) is 18.5 Å². The summed E-state index contributed by atoms with van der Waals surface area (Å²) in [7, 11) is 1.85. The van der Waals surface area contributed by atoms with Crippen LogP contribution >= 0.6 is 12.2 Å². The summed E-state index contributed by atoms with van der Waals surface area (Å²) in [6.45, 7) is 2.89. The molecule has 0 spiro atoms. The molecule has 1 aromatic carbocycles. The van der Waals surface area contributed by atoms with Crippen LogP contribution in [0.3, 0.4) is 0 Å². The van der Waals surface area contributed by atoms with Gasteiger partial charge in [0.2, 0.25) is 0 Å².